The molecule has 1 atom stereocenters. The van der Waals surface area contributed by atoms with E-state index in [1.165, 1.54) is 19.2 Å². The minimum Gasteiger partial charge on any atom is -0.493 e. The molecule has 0 bridgehead atoms. The van der Waals surface area contributed by atoms with E-state index < -0.39 is 67.5 Å². The number of halogens is 8. The quantitative estimate of drug-likeness (QED) is 0.0855. The largest absolute Gasteiger partial charge is 0.493 e. The van der Waals surface area contributed by atoms with Crippen LogP contribution < -0.4 is 8.92 Å². The fourth-order valence-corrected chi connectivity index (χ4v) is 5.51. The molecule has 0 aliphatic carbocycles. The molecular formula is C27H22F8O5S. The van der Waals surface area contributed by atoms with Crippen LogP contribution in [0.2, 0.25) is 0 Å². The second-order valence-corrected chi connectivity index (χ2v) is 10.7. The van der Waals surface area contributed by atoms with Gasteiger partial charge < -0.3 is 13.7 Å². The summed E-state index contributed by atoms with van der Waals surface area (Å²) >= 11 is 0. The van der Waals surface area contributed by atoms with E-state index in [2.05, 4.69) is 4.18 Å². The number of alkyl halides is 3. The van der Waals surface area contributed by atoms with Crippen LogP contribution in [0.15, 0.2) is 41.3 Å². The molecule has 0 radical (unpaired) electrons. The SMILES string of the molecule is COCCCCc1cc(C(F)(F)F)ccc1[C@H]1CCOc2cc(S(=O)(=O)Oc3c(F)c(F)c(F)c(F)c3F)ccc21. The predicted octanol–water partition coefficient (Wildman–Crippen LogP) is 7.05. The van der Waals surface area contributed by atoms with E-state index in [1.807, 2.05) is 0 Å². The first-order valence-corrected chi connectivity index (χ1v) is 13.6. The van der Waals surface area contributed by atoms with E-state index in [0.29, 0.717) is 49.0 Å². The number of rotatable bonds is 9. The summed E-state index contributed by atoms with van der Waals surface area (Å²) in [5.41, 5.74) is 0.625. The number of aryl methyl sites for hydroxylation is 1. The summed E-state index contributed by atoms with van der Waals surface area (Å²) in [5.74, 6) is -14.7. The van der Waals surface area contributed by atoms with Crippen LogP contribution in [-0.4, -0.2) is 28.7 Å². The van der Waals surface area contributed by atoms with Crippen LogP contribution in [0.25, 0.3) is 0 Å². The van der Waals surface area contributed by atoms with Crippen molar-refractivity contribution in [1.82, 2.24) is 0 Å². The molecule has 222 valence electrons. The minimum atomic E-state index is -5.12. The van der Waals surface area contributed by atoms with Crippen molar-refractivity contribution >= 4 is 10.1 Å². The van der Waals surface area contributed by atoms with Crippen molar-refractivity contribution in [3.05, 3.63) is 87.7 Å². The standard InChI is InChI=1S/C27H22F8O5S/c1-38-10-3-2-4-14-12-15(27(33,34)35)5-7-17(14)18-9-11-39-20-13-16(6-8-19(18)20)41(36,37)40-26-24(31)22(29)21(28)23(30)25(26)32/h5-8,12-13,18H,2-4,9-11H2,1H3/t18-/m1/s1. The van der Waals surface area contributed by atoms with Crippen molar-refractivity contribution in [2.24, 2.45) is 0 Å². The van der Waals surface area contributed by atoms with Gasteiger partial charge in [0.05, 0.1) is 12.2 Å². The third-order valence-corrected chi connectivity index (χ3v) is 7.78. The highest BCUT2D eigenvalue weighted by Crippen LogP contribution is 2.42. The molecule has 0 aromatic heterocycles. The molecule has 4 rings (SSSR count). The van der Waals surface area contributed by atoms with Gasteiger partial charge in [0.1, 0.15) is 10.6 Å². The van der Waals surface area contributed by atoms with E-state index in [1.54, 1.807) is 0 Å². The predicted molar refractivity (Wildman–Crippen MR) is 129 cm³/mol. The summed E-state index contributed by atoms with van der Waals surface area (Å²) in [6.45, 7) is 0.475. The highest BCUT2D eigenvalue weighted by molar-refractivity contribution is 7.87. The molecule has 3 aromatic carbocycles. The van der Waals surface area contributed by atoms with E-state index >= 15 is 0 Å². The fourth-order valence-electron chi connectivity index (χ4n) is 4.56. The first-order valence-electron chi connectivity index (χ1n) is 12.2. The van der Waals surface area contributed by atoms with Gasteiger partial charge >= 0.3 is 16.3 Å². The molecule has 1 aliphatic heterocycles. The van der Waals surface area contributed by atoms with Crippen molar-refractivity contribution in [2.45, 2.75) is 42.7 Å². The van der Waals surface area contributed by atoms with Crippen molar-refractivity contribution in [2.75, 3.05) is 20.3 Å². The Morgan fingerprint density at radius 2 is 1.51 bits per heavy atom. The van der Waals surface area contributed by atoms with Gasteiger partial charge in [-0.05, 0) is 55.0 Å². The second kappa shape index (κ2) is 11.8. The molecular weight excluding hydrogens is 588 g/mol. The lowest BCUT2D eigenvalue weighted by Crippen LogP contribution is -2.19. The average Bonchev–Trinajstić information content (AvgIpc) is 2.94. The third kappa shape index (κ3) is 6.27. The van der Waals surface area contributed by atoms with Crippen LogP contribution in [0, 0.1) is 29.1 Å². The molecule has 14 heteroatoms. The zero-order valence-electron chi connectivity index (χ0n) is 21.3. The average molecular weight is 611 g/mol. The molecule has 1 aliphatic rings. The van der Waals surface area contributed by atoms with Gasteiger partial charge in [0.2, 0.25) is 34.8 Å². The molecule has 0 spiro atoms. The lowest BCUT2D eigenvalue weighted by molar-refractivity contribution is -0.137. The molecule has 0 saturated carbocycles. The monoisotopic (exact) mass is 610 g/mol. The summed E-state index contributed by atoms with van der Waals surface area (Å²) in [4.78, 5) is -0.715. The summed E-state index contributed by atoms with van der Waals surface area (Å²) in [6, 6.07) is 6.62. The highest BCUT2D eigenvalue weighted by atomic mass is 32.2. The van der Waals surface area contributed by atoms with Crippen molar-refractivity contribution in [1.29, 1.82) is 0 Å². The maximum absolute atomic E-state index is 14.0. The summed E-state index contributed by atoms with van der Waals surface area (Å²) in [5, 5.41) is 0. The first kappa shape index (κ1) is 30.6. The number of ether oxygens (including phenoxy) is 2. The molecule has 1 heterocycles. The molecule has 0 N–H and O–H groups in total. The van der Waals surface area contributed by atoms with Crippen LogP contribution in [0.4, 0.5) is 35.1 Å². The maximum Gasteiger partial charge on any atom is 0.416 e. The number of hydrogen-bond donors (Lipinski definition) is 0. The van der Waals surface area contributed by atoms with E-state index in [9.17, 15) is 43.5 Å². The van der Waals surface area contributed by atoms with Crippen molar-refractivity contribution in [3.63, 3.8) is 0 Å². The van der Waals surface area contributed by atoms with Gasteiger partial charge in [-0.1, -0.05) is 12.1 Å². The summed E-state index contributed by atoms with van der Waals surface area (Å²) < 4.78 is 149. The smallest absolute Gasteiger partial charge is 0.416 e. The number of benzene rings is 3. The summed E-state index contributed by atoms with van der Waals surface area (Å²) in [6.07, 6.45) is -2.74. The minimum absolute atomic E-state index is 0.00596. The zero-order valence-corrected chi connectivity index (χ0v) is 22.1. The van der Waals surface area contributed by atoms with Crippen LogP contribution in [0.3, 0.4) is 0 Å². The number of hydrogen-bond acceptors (Lipinski definition) is 5. The number of methoxy groups -OCH3 is 1. The lowest BCUT2D eigenvalue weighted by Gasteiger charge is -2.29. The van der Waals surface area contributed by atoms with Gasteiger partial charge in [-0.25, -0.2) is 13.2 Å². The van der Waals surface area contributed by atoms with Gasteiger partial charge in [-0.15, -0.1) is 0 Å². The van der Waals surface area contributed by atoms with E-state index in [-0.39, 0.29) is 12.4 Å². The Kier molecular flexibility index (Phi) is 8.83. The van der Waals surface area contributed by atoms with Crippen molar-refractivity contribution < 1.29 is 57.2 Å². The third-order valence-electron chi connectivity index (χ3n) is 6.57. The topological polar surface area (TPSA) is 61.8 Å². The van der Waals surface area contributed by atoms with Gasteiger partial charge in [0, 0.05) is 31.3 Å². The van der Waals surface area contributed by atoms with Gasteiger partial charge in [-0.3, -0.25) is 0 Å². The second-order valence-electron chi connectivity index (χ2n) is 9.19. The Balaban J connectivity index is 1.69. The first-order chi connectivity index (χ1) is 19.3. The Morgan fingerprint density at radius 1 is 0.878 bits per heavy atom. The van der Waals surface area contributed by atoms with E-state index in [0.717, 1.165) is 24.3 Å². The highest BCUT2D eigenvalue weighted by Gasteiger charge is 2.34. The molecule has 3 aromatic rings. The molecule has 41 heavy (non-hydrogen) atoms. The zero-order chi connectivity index (χ0) is 30.1. The van der Waals surface area contributed by atoms with Crippen molar-refractivity contribution in [3.8, 4) is 11.5 Å². The summed E-state index contributed by atoms with van der Waals surface area (Å²) in [7, 11) is -3.61. The van der Waals surface area contributed by atoms with Crippen LogP contribution in [-0.2, 0) is 27.5 Å². The lowest BCUT2D eigenvalue weighted by atomic mass is 9.82. The molecule has 0 fully saturated rings. The van der Waals surface area contributed by atoms with Gasteiger partial charge in [0.25, 0.3) is 0 Å². The molecule has 0 saturated heterocycles. The Morgan fingerprint density at radius 3 is 2.15 bits per heavy atom. The number of fused-ring (bicyclic) bond motifs is 1. The van der Waals surface area contributed by atoms with Crippen LogP contribution in [0.1, 0.15) is 47.4 Å². The fraction of sp³-hybridized carbons (Fsp3) is 0.333. The van der Waals surface area contributed by atoms with E-state index in [4.69, 9.17) is 9.47 Å². The van der Waals surface area contributed by atoms with Gasteiger partial charge in [-0.2, -0.15) is 30.4 Å². The van der Waals surface area contributed by atoms with Crippen LogP contribution >= 0.6 is 0 Å². The van der Waals surface area contributed by atoms with Gasteiger partial charge in [0.15, 0.2) is 0 Å². The Hall–Kier alpha value is -3.39. The maximum atomic E-state index is 14.0. The normalized spacial score (nSPS) is 15.4. The molecule has 0 amide bonds. The molecule has 0 unspecified atom stereocenters. The number of unbranched alkanes of at least 4 members (excludes halogenated alkanes) is 1. The Bertz CT molecular complexity index is 1530. The van der Waals surface area contributed by atoms with Crippen LogP contribution in [0.5, 0.6) is 11.5 Å². The molecule has 5 nitrogen and oxygen atoms in total. The Labute approximate surface area is 229 Å².